The number of anilines is 1. The van der Waals surface area contributed by atoms with Gasteiger partial charge in [-0.2, -0.15) is 0 Å². The van der Waals surface area contributed by atoms with Gasteiger partial charge in [0.1, 0.15) is 11.6 Å². The van der Waals surface area contributed by atoms with Crippen LogP contribution in [0.25, 0.3) is 0 Å². The molecular weight excluding hydrogens is 321 g/mol. The fourth-order valence-electron chi connectivity index (χ4n) is 1.78. The number of halogens is 2. The largest absolute Gasteiger partial charge is 0.494 e. The maximum atomic E-state index is 13.1. The number of nitrogens with one attached hydrogen (secondary N) is 1. The maximum absolute atomic E-state index is 13.1. The minimum atomic E-state index is -0.259. The fraction of sp³-hybridized carbons (Fsp3) is 0.250. The molecule has 0 fully saturated rings. The standard InChI is InChI=1S/C16H17BrFNO/c1-2-8-20-14-5-3-4-12(9-14)11-19-13-6-7-16(18)15(17)10-13/h3-7,9-10,19H,2,8,11H2,1H3. The van der Waals surface area contributed by atoms with Gasteiger partial charge in [0.05, 0.1) is 11.1 Å². The molecule has 0 aromatic heterocycles. The normalized spacial score (nSPS) is 10.3. The molecular formula is C16H17BrFNO. The van der Waals surface area contributed by atoms with Crippen molar-refractivity contribution in [3.05, 3.63) is 58.3 Å². The van der Waals surface area contributed by atoms with Crippen LogP contribution in [0.2, 0.25) is 0 Å². The number of hydrogen-bond acceptors (Lipinski definition) is 2. The predicted molar refractivity (Wildman–Crippen MR) is 83.7 cm³/mol. The number of benzene rings is 2. The smallest absolute Gasteiger partial charge is 0.137 e. The molecule has 0 aliphatic heterocycles. The van der Waals surface area contributed by atoms with Gasteiger partial charge in [0, 0.05) is 12.2 Å². The van der Waals surface area contributed by atoms with Gasteiger partial charge in [-0.05, 0) is 58.2 Å². The average Bonchev–Trinajstić information content (AvgIpc) is 2.47. The molecule has 2 aromatic rings. The predicted octanol–water partition coefficient (Wildman–Crippen LogP) is 4.99. The van der Waals surface area contributed by atoms with E-state index in [1.54, 1.807) is 12.1 Å². The molecule has 2 aromatic carbocycles. The highest BCUT2D eigenvalue weighted by atomic mass is 79.9. The first-order chi connectivity index (χ1) is 9.69. The number of hydrogen-bond donors (Lipinski definition) is 1. The van der Waals surface area contributed by atoms with Gasteiger partial charge in [-0.3, -0.25) is 0 Å². The molecule has 20 heavy (non-hydrogen) atoms. The highest BCUT2D eigenvalue weighted by molar-refractivity contribution is 9.10. The molecule has 2 rings (SSSR count). The summed E-state index contributed by atoms with van der Waals surface area (Å²) in [6.07, 6.45) is 0.992. The Kier molecular flexibility index (Phi) is 5.41. The van der Waals surface area contributed by atoms with Crippen molar-refractivity contribution in [1.29, 1.82) is 0 Å². The summed E-state index contributed by atoms with van der Waals surface area (Å²) in [5.41, 5.74) is 2.00. The molecule has 0 unspecified atom stereocenters. The molecule has 106 valence electrons. The third-order valence-corrected chi connectivity index (χ3v) is 3.40. The first-order valence-corrected chi connectivity index (χ1v) is 7.39. The van der Waals surface area contributed by atoms with E-state index in [2.05, 4.69) is 28.2 Å². The molecule has 2 nitrogen and oxygen atoms in total. The lowest BCUT2D eigenvalue weighted by Gasteiger charge is -2.09. The lowest BCUT2D eigenvalue weighted by atomic mass is 10.2. The third-order valence-electron chi connectivity index (χ3n) is 2.79. The van der Waals surface area contributed by atoms with E-state index in [0.29, 0.717) is 11.0 Å². The Morgan fingerprint density at radius 3 is 2.80 bits per heavy atom. The zero-order chi connectivity index (χ0) is 14.4. The topological polar surface area (TPSA) is 21.3 Å². The molecule has 0 saturated heterocycles. The highest BCUT2D eigenvalue weighted by Crippen LogP contribution is 2.21. The van der Waals surface area contributed by atoms with E-state index in [1.165, 1.54) is 6.07 Å². The van der Waals surface area contributed by atoms with Gasteiger partial charge in [-0.25, -0.2) is 4.39 Å². The van der Waals surface area contributed by atoms with Crippen molar-refractivity contribution in [3.63, 3.8) is 0 Å². The second-order valence-electron chi connectivity index (χ2n) is 4.48. The summed E-state index contributed by atoms with van der Waals surface area (Å²) in [7, 11) is 0. The molecule has 0 spiro atoms. The lowest BCUT2D eigenvalue weighted by Crippen LogP contribution is -2.01. The van der Waals surface area contributed by atoms with E-state index in [-0.39, 0.29) is 5.82 Å². The highest BCUT2D eigenvalue weighted by Gasteiger charge is 2.01. The van der Waals surface area contributed by atoms with Gasteiger partial charge in [-0.15, -0.1) is 0 Å². The van der Waals surface area contributed by atoms with Crippen molar-refractivity contribution >= 4 is 21.6 Å². The molecule has 0 aliphatic rings. The summed E-state index contributed by atoms with van der Waals surface area (Å²) < 4.78 is 19.2. The summed E-state index contributed by atoms with van der Waals surface area (Å²) in [6.45, 7) is 3.47. The van der Waals surface area contributed by atoms with Gasteiger partial charge in [0.25, 0.3) is 0 Å². The molecule has 0 atom stereocenters. The van der Waals surface area contributed by atoms with E-state index in [1.807, 2.05) is 24.3 Å². The average molecular weight is 338 g/mol. The molecule has 0 amide bonds. The Bertz CT molecular complexity index is 574. The van der Waals surface area contributed by atoms with Gasteiger partial charge in [0.15, 0.2) is 0 Å². The van der Waals surface area contributed by atoms with Gasteiger partial charge in [0.2, 0.25) is 0 Å². The van der Waals surface area contributed by atoms with Crippen LogP contribution >= 0.6 is 15.9 Å². The zero-order valence-electron chi connectivity index (χ0n) is 11.3. The van der Waals surface area contributed by atoms with Gasteiger partial charge >= 0.3 is 0 Å². The molecule has 0 radical (unpaired) electrons. The van der Waals surface area contributed by atoms with Crippen LogP contribution < -0.4 is 10.1 Å². The second-order valence-corrected chi connectivity index (χ2v) is 5.33. The fourth-order valence-corrected chi connectivity index (χ4v) is 2.15. The monoisotopic (exact) mass is 337 g/mol. The van der Waals surface area contributed by atoms with Crippen LogP contribution in [-0.2, 0) is 6.54 Å². The van der Waals surface area contributed by atoms with Crippen LogP contribution in [0.4, 0.5) is 10.1 Å². The SMILES string of the molecule is CCCOc1cccc(CNc2ccc(F)c(Br)c2)c1. The minimum absolute atomic E-state index is 0.259. The van der Waals surface area contributed by atoms with E-state index in [0.717, 1.165) is 30.0 Å². The van der Waals surface area contributed by atoms with Crippen molar-refractivity contribution in [2.24, 2.45) is 0 Å². The van der Waals surface area contributed by atoms with Crippen molar-refractivity contribution in [1.82, 2.24) is 0 Å². The van der Waals surface area contributed by atoms with E-state index in [9.17, 15) is 4.39 Å². The first-order valence-electron chi connectivity index (χ1n) is 6.59. The molecule has 0 bridgehead atoms. The van der Waals surface area contributed by atoms with Crippen LogP contribution in [0.1, 0.15) is 18.9 Å². The zero-order valence-corrected chi connectivity index (χ0v) is 12.9. The Hall–Kier alpha value is -1.55. The van der Waals surface area contributed by atoms with E-state index < -0.39 is 0 Å². The molecule has 1 N–H and O–H groups in total. The maximum Gasteiger partial charge on any atom is 0.137 e. The summed E-state index contributed by atoms with van der Waals surface area (Å²) in [5, 5.41) is 3.26. The minimum Gasteiger partial charge on any atom is -0.494 e. The van der Waals surface area contributed by atoms with Crippen LogP contribution in [0.3, 0.4) is 0 Å². The Labute approximate surface area is 127 Å². The van der Waals surface area contributed by atoms with Crippen LogP contribution in [-0.4, -0.2) is 6.61 Å². The van der Waals surface area contributed by atoms with Crippen LogP contribution in [0.5, 0.6) is 5.75 Å². The Morgan fingerprint density at radius 1 is 1.20 bits per heavy atom. The third kappa shape index (κ3) is 4.23. The Morgan fingerprint density at radius 2 is 2.05 bits per heavy atom. The lowest BCUT2D eigenvalue weighted by molar-refractivity contribution is 0.317. The Balaban J connectivity index is 1.97. The summed E-state index contributed by atoms with van der Waals surface area (Å²) >= 11 is 3.18. The quantitative estimate of drug-likeness (QED) is 0.801. The van der Waals surface area contributed by atoms with Crippen molar-refractivity contribution < 1.29 is 9.13 Å². The molecule has 0 saturated carbocycles. The number of rotatable bonds is 6. The van der Waals surface area contributed by atoms with E-state index >= 15 is 0 Å². The van der Waals surface area contributed by atoms with Gasteiger partial charge < -0.3 is 10.1 Å². The van der Waals surface area contributed by atoms with Crippen molar-refractivity contribution in [3.8, 4) is 5.75 Å². The molecule has 4 heteroatoms. The van der Waals surface area contributed by atoms with Crippen molar-refractivity contribution in [2.75, 3.05) is 11.9 Å². The molecule has 0 aliphatic carbocycles. The second kappa shape index (κ2) is 7.29. The summed E-state index contributed by atoms with van der Waals surface area (Å²) in [5.74, 6) is 0.622. The van der Waals surface area contributed by atoms with Crippen LogP contribution in [0.15, 0.2) is 46.9 Å². The first kappa shape index (κ1) is 14.9. The van der Waals surface area contributed by atoms with E-state index in [4.69, 9.17) is 4.74 Å². The van der Waals surface area contributed by atoms with Crippen LogP contribution in [0, 0.1) is 5.82 Å². The summed E-state index contributed by atoms with van der Waals surface area (Å²) in [6, 6.07) is 12.9. The van der Waals surface area contributed by atoms with Crippen molar-refractivity contribution in [2.45, 2.75) is 19.9 Å². The summed E-state index contributed by atoms with van der Waals surface area (Å²) in [4.78, 5) is 0. The number of ether oxygens (including phenoxy) is 1. The van der Waals surface area contributed by atoms with Gasteiger partial charge in [-0.1, -0.05) is 19.1 Å². The molecule has 0 heterocycles.